The molecule has 0 saturated heterocycles. The first kappa shape index (κ1) is 17.6. The Morgan fingerprint density at radius 3 is 2.38 bits per heavy atom. The Balaban J connectivity index is 1.73. The molecule has 5 heteroatoms. The van der Waals surface area contributed by atoms with Crippen molar-refractivity contribution in [3.8, 4) is 0 Å². The van der Waals surface area contributed by atoms with Crippen LogP contribution in [0.4, 0.5) is 11.5 Å². The minimum absolute atomic E-state index is 0.250. The van der Waals surface area contributed by atoms with Crippen LogP contribution in [0.3, 0.4) is 0 Å². The van der Waals surface area contributed by atoms with Crippen LogP contribution < -0.4 is 10.6 Å². The second-order valence-electron chi connectivity index (χ2n) is 6.35. The number of anilines is 2. The molecule has 132 valence electrons. The molecule has 0 spiro atoms. The van der Waals surface area contributed by atoms with E-state index in [1.54, 1.807) is 13.0 Å². The lowest BCUT2D eigenvalue weighted by molar-refractivity contribution is 0.102. The first-order chi connectivity index (χ1) is 12.5. The summed E-state index contributed by atoms with van der Waals surface area (Å²) in [5, 5.41) is 6.14. The first-order valence-corrected chi connectivity index (χ1v) is 8.53. The molecule has 0 atom stereocenters. The summed E-state index contributed by atoms with van der Waals surface area (Å²) in [6, 6.07) is 17.6. The van der Waals surface area contributed by atoms with Gasteiger partial charge in [0.1, 0.15) is 17.3 Å². The van der Waals surface area contributed by atoms with Gasteiger partial charge < -0.3 is 10.6 Å². The van der Waals surface area contributed by atoms with Crippen molar-refractivity contribution in [2.75, 3.05) is 10.6 Å². The monoisotopic (exact) mass is 346 g/mol. The van der Waals surface area contributed by atoms with E-state index in [0.717, 1.165) is 16.8 Å². The predicted octanol–water partition coefficient (Wildman–Crippen LogP) is 4.27. The minimum Gasteiger partial charge on any atom is -0.366 e. The van der Waals surface area contributed by atoms with Gasteiger partial charge >= 0.3 is 0 Å². The third-order valence-corrected chi connectivity index (χ3v) is 3.90. The van der Waals surface area contributed by atoms with Crippen molar-refractivity contribution in [1.82, 2.24) is 9.97 Å². The van der Waals surface area contributed by atoms with Crippen LogP contribution in [0.5, 0.6) is 0 Å². The van der Waals surface area contributed by atoms with Gasteiger partial charge in [-0.1, -0.05) is 42.0 Å². The summed E-state index contributed by atoms with van der Waals surface area (Å²) in [7, 11) is 0. The molecule has 0 fully saturated rings. The second-order valence-corrected chi connectivity index (χ2v) is 6.35. The minimum atomic E-state index is -0.250. The van der Waals surface area contributed by atoms with Crippen LogP contribution in [0, 0.1) is 20.8 Å². The lowest BCUT2D eigenvalue weighted by atomic mass is 10.1. The Bertz CT molecular complexity index is 937. The Morgan fingerprint density at radius 1 is 0.923 bits per heavy atom. The molecule has 3 aromatic rings. The molecule has 0 radical (unpaired) electrons. The number of hydrogen-bond donors (Lipinski definition) is 2. The molecule has 0 aliphatic carbocycles. The molecule has 0 aliphatic heterocycles. The van der Waals surface area contributed by atoms with Gasteiger partial charge in [-0.2, -0.15) is 0 Å². The highest BCUT2D eigenvalue weighted by Gasteiger charge is 2.11. The first-order valence-electron chi connectivity index (χ1n) is 8.53. The summed E-state index contributed by atoms with van der Waals surface area (Å²) >= 11 is 0. The zero-order chi connectivity index (χ0) is 18.5. The van der Waals surface area contributed by atoms with E-state index in [0.29, 0.717) is 23.9 Å². The molecule has 5 nitrogen and oxygen atoms in total. The molecule has 2 N–H and O–H groups in total. The van der Waals surface area contributed by atoms with Gasteiger partial charge in [0.2, 0.25) is 0 Å². The third kappa shape index (κ3) is 4.66. The number of carbonyl (C=O) groups is 1. The van der Waals surface area contributed by atoms with Gasteiger partial charge in [0.15, 0.2) is 0 Å². The highest BCUT2D eigenvalue weighted by Crippen LogP contribution is 2.14. The Labute approximate surface area is 153 Å². The van der Waals surface area contributed by atoms with Crippen LogP contribution in [0.2, 0.25) is 0 Å². The predicted molar refractivity (Wildman–Crippen MR) is 104 cm³/mol. The number of hydrogen-bond acceptors (Lipinski definition) is 4. The van der Waals surface area contributed by atoms with Crippen LogP contribution in [0.1, 0.15) is 33.0 Å². The van der Waals surface area contributed by atoms with Gasteiger partial charge in [-0.3, -0.25) is 4.79 Å². The van der Waals surface area contributed by atoms with Crippen molar-refractivity contribution in [2.24, 2.45) is 0 Å². The molecule has 1 heterocycles. The van der Waals surface area contributed by atoms with E-state index in [9.17, 15) is 4.79 Å². The Morgan fingerprint density at radius 2 is 1.65 bits per heavy atom. The number of rotatable bonds is 5. The average Bonchev–Trinajstić information content (AvgIpc) is 2.59. The van der Waals surface area contributed by atoms with Gasteiger partial charge in [-0.25, -0.2) is 9.97 Å². The number of nitrogens with one attached hydrogen (secondary N) is 2. The molecule has 0 unspecified atom stereocenters. The number of aryl methyl sites for hydroxylation is 3. The van der Waals surface area contributed by atoms with E-state index >= 15 is 0 Å². The molecule has 0 saturated carbocycles. The largest absolute Gasteiger partial charge is 0.366 e. The maximum Gasteiger partial charge on any atom is 0.274 e. The van der Waals surface area contributed by atoms with E-state index < -0.39 is 0 Å². The quantitative estimate of drug-likeness (QED) is 0.724. The molecular formula is C21H22N4O. The van der Waals surface area contributed by atoms with Gasteiger partial charge in [-0.05, 0) is 44.0 Å². The number of aromatic nitrogens is 2. The number of amides is 1. The number of carbonyl (C=O) groups excluding carboxylic acids is 1. The van der Waals surface area contributed by atoms with Crippen LogP contribution in [0.25, 0.3) is 0 Å². The fraction of sp³-hybridized carbons (Fsp3) is 0.190. The van der Waals surface area contributed by atoms with Crippen molar-refractivity contribution >= 4 is 17.4 Å². The maximum atomic E-state index is 12.5. The summed E-state index contributed by atoms with van der Waals surface area (Å²) in [6.45, 7) is 6.46. The van der Waals surface area contributed by atoms with Crippen LogP contribution in [-0.2, 0) is 6.54 Å². The zero-order valence-corrected chi connectivity index (χ0v) is 15.2. The maximum absolute atomic E-state index is 12.5. The highest BCUT2D eigenvalue weighted by molar-refractivity contribution is 6.03. The molecule has 1 amide bonds. The van der Waals surface area contributed by atoms with Crippen LogP contribution in [0.15, 0.2) is 54.6 Å². The van der Waals surface area contributed by atoms with Crippen LogP contribution >= 0.6 is 0 Å². The van der Waals surface area contributed by atoms with Crippen molar-refractivity contribution < 1.29 is 4.79 Å². The molecule has 3 rings (SSSR count). The van der Waals surface area contributed by atoms with Crippen LogP contribution in [-0.4, -0.2) is 15.9 Å². The summed E-state index contributed by atoms with van der Waals surface area (Å²) in [6.07, 6.45) is 0. The normalized spacial score (nSPS) is 10.4. The Kier molecular flexibility index (Phi) is 5.27. The smallest absolute Gasteiger partial charge is 0.274 e. The fourth-order valence-corrected chi connectivity index (χ4v) is 2.71. The van der Waals surface area contributed by atoms with Crippen molar-refractivity contribution in [2.45, 2.75) is 27.3 Å². The second kappa shape index (κ2) is 7.78. The lowest BCUT2D eigenvalue weighted by Gasteiger charge is -2.10. The number of nitrogens with zero attached hydrogens (tertiary/aromatic N) is 2. The standard InChI is InChI=1S/C21H22N4O/c1-14-6-4-8-17(10-14)13-22-20-12-19(23-16(3)24-20)21(26)25-18-9-5-7-15(2)11-18/h4-12H,13H2,1-3H3,(H,25,26)(H,22,23,24). The summed E-state index contributed by atoms with van der Waals surface area (Å²) in [5.74, 6) is 0.932. The van der Waals surface area contributed by atoms with Crippen molar-refractivity contribution in [3.05, 3.63) is 82.8 Å². The molecule has 26 heavy (non-hydrogen) atoms. The molecule has 2 aromatic carbocycles. The highest BCUT2D eigenvalue weighted by atomic mass is 16.1. The fourth-order valence-electron chi connectivity index (χ4n) is 2.71. The summed E-state index contributed by atoms with van der Waals surface area (Å²) < 4.78 is 0. The lowest BCUT2D eigenvalue weighted by Crippen LogP contribution is -2.16. The zero-order valence-electron chi connectivity index (χ0n) is 15.2. The van der Waals surface area contributed by atoms with Crippen molar-refractivity contribution in [1.29, 1.82) is 0 Å². The molecule has 0 aliphatic rings. The van der Waals surface area contributed by atoms with E-state index in [2.05, 4.69) is 45.7 Å². The van der Waals surface area contributed by atoms with E-state index in [4.69, 9.17) is 0 Å². The Hall–Kier alpha value is -3.21. The molecule has 0 bridgehead atoms. The van der Waals surface area contributed by atoms with Gasteiger partial charge in [0.05, 0.1) is 0 Å². The van der Waals surface area contributed by atoms with E-state index in [-0.39, 0.29) is 5.91 Å². The van der Waals surface area contributed by atoms with Gasteiger partial charge in [-0.15, -0.1) is 0 Å². The SMILES string of the molecule is Cc1cccc(CNc2cc(C(=O)Nc3cccc(C)c3)nc(C)n2)c1. The average molecular weight is 346 g/mol. The molecular weight excluding hydrogens is 324 g/mol. The number of benzene rings is 2. The van der Waals surface area contributed by atoms with Gasteiger partial charge in [0.25, 0.3) is 5.91 Å². The summed E-state index contributed by atoms with van der Waals surface area (Å²) in [4.78, 5) is 21.2. The molecule has 1 aromatic heterocycles. The van der Waals surface area contributed by atoms with E-state index in [1.165, 1.54) is 5.56 Å². The van der Waals surface area contributed by atoms with E-state index in [1.807, 2.05) is 37.3 Å². The topological polar surface area (TPSA) is 66.9 Å². The third-order valence-electron chi connectivity index (χ3n) is 3.90. The van der Waals surface area contributed by atoms with Gasteiger partial charge in [0, 0.05) is 18.3 Å². The van der Waals surface area contributed by atoms with Crippen molar-refractivity contribution in [3.63, 3.8) is 0 Å². The summed E-state index contributed by atoms with van der Waals surface area (Å²) in [5.41, 5.74) is 4.54.